The standard InChI is InChI=1S/C27H36F3N5OS/c1-18(21-5-3-20(4-6-21)16-31-25(36)15-26-34-33-19(2)37-26)17-35-13-10-22-7-8-23(9-12-27(28,29)30)32-24(22)11-14-35/h7-8,16,18,20-21H,3-6,9-15,17H2,1-2H3/b31-16+/t18-,20?,21?/m0/s1. The Kier molecular flexibility index (Phi) is 9.45. The van der Waals surface area contributed by atoms with E-state index in [9.17, 15) is 18.0 Å². The minimum atomic E-state index is -4.15. The van der Waals surface area contributed by atoms with Crippen molar-refractivity contribution < 1.29 is 18.0 Å². The SMILES string of the molecule is Cc1nnc(CC(=O)/N=C/C2CCC([C@@H](C)CN3CCc4ccc(CCC(F)(F)F)nc4CC3)CC2)s1. The van der Waals surface area contributed by atoms with Crippen LogP contribution in [-0.2, 0) is 30.5 Å². The molecule has 0 saturated heterocycles. The Bertz CT molecular complexity index is 1080. The Morgan fingerprint density at radius 3 is 2.65 bits per heavy atom. The van der Waals surface area contributed by atoms with Crippen LogP contribution in [0.15, 0.2) is 17.1 Å². The van der Waals surface area contributed by atoms with E-state index in [0.29, 0.717) is 28.5 Å². The predicted octanol–water partition coefficient (Wildman–Crippen LogP) is 5.42. The maximum absolute atomic E-state index is 12.6. The van der Waals surface area contributed by atoms with Gasteiger partial charge >= 0.3 is 6.18 Å². The molecule has 1 aliphatic carbocycles. The predicted molar refractivity (Wildman–Crippen MR) is 139 cm³/mol. The number of alkyl halides is 3. The average Bonchev–Trinajstić information content (AvgIpc) is 3.16. The molecule has 0 radical (unpaired) electrons. The van der Waals surface area contributed by atoms with E-state index in [4.69, 9.17) is 0 Å². The molecule has 1 aliphatic heterocycles. The summed E-state index contributed by atoms with van der Waals surface area (Å²) in [7, 11) is 0. The van der Waals surface area contributed by atoms with Crippen molar-refractivity contribution in [3.63, 3.8) is 0 Å². The van der Waals surface area contributed by atoms with Crippen molar-refractivity contribution >= 4 is 23.5 Å². The Balaban J connectivity index is 1.20. The first-order chi connectivity index (χ1) is 17.6. The smallest absolute Gasteiger partial charge is 0.302 e. The Morgan fingerprint density at radius 2 is 1.95 bits per heavy atom. The molecule has 3 heterocycles. The molecule has 10 heteroatoms. The van der Waals surface area contributed by atoms with Gasteiger partial charge in [-0.2, -0.15) is 13.2 Å². The van der Waals surface area contributed by atoms with E-state index in [1.807, 2.05) is 19.2 Å². The van der Waals surface area contributed by atoms with Crippen LogP contribution in [-0.4, -0.2) is 58.0 Å². The molecule has 0 unspecified atom stereocenters. The van der Waals surface area contributed by atoms with Gasteiger partial charge in [-0.25, -0.2) is 4.99 Å². The zero-order valence-electron chi connectivity index (χ0n) is 21.6. The van der Waals surface area contributed by atoms with E-state index >= 15 is 0 Å². The first-order valence-corrected chi connectivity index (χ1v) is 14.1. The van der Waals surface area contributed by atoms with Crippen molar-refractivity contribution in [2.45, 2.75) is 77.8 Å². The van der Waals surface area contributed by atoms with Gasteiger partial charge in [0.05, 0.1) is 6.42 Å². The second-order valence-corrected chi connectivity index (χ2v) is 11.8. The fourth-order valence-electron chi connectivity index (χ4n) is 5.46. The number of nitrogens with zero attached hydrogens (tertiary/aromatic N) is 5. The van der Waals surface area contributed by atoms with Crippen LogP contribution in [0.3, 0.4) is 0 Å². The van der Waals surface area contributed by atoms with E-state index in [-0.39, 0.29) is 18.7 Å². The largest absolute Gasteiger partial charge is 0.389 e. The minimum Gasteiger partial charge on any atom is -0.302 e. The molecule has 0 bridgehead atoms. The summed E-state index contributed by atoms with van der Waals surface area (Å²) >= 11 is 1.43. The molecule has 6 nitrogen and oxygen atoms in total. The number of carbonyl (C=O) groups excluding carboxylic acids is 1. The summed E-state index contributed by atoms with van der Waals surface area (Å²) in [6.07, 6.45) is 3.11. The van der Waals surface area contributed by atoms with Crippen molar-refractivity contribution in [2.75, 3.05) is 19.6 Å². The number of amides is 1. The second kappa shape index (κ2) is 12.6. The van der Waals surface area contributed by atoms with Crippen LogP contribution in [0.4, 0.5) is 13.2 Å². The highest BCUT2D eigenvalue weighted by Crippen LogP contribution is 2.33. The lowest BCUT2D eigenvalue weighted by Crippen LogP contribution is -2.34. The van der Waals surface area contributed by atoms with E-state index in [2.05, 4.69) is 32.0 Å². The van der Waals surface area contributed by atoms with Gasteiger partial charge in [-0.1, -0.05) is 13.0 Å². The van der Waals surface area contributed by atoms with Gasteiger partial charge in [0.25, 0.3) is 5.91 Å². The van der Waals surface area contributed by atoms with Gasteiger partial charge in [-0.3, -0.25) is 9.78 Å². The highest BCUT2D eigenvalue weighted by molar-refractivity contribution is 7.11. The highest BCUT2D eigenvalue weighted by Gasteiger charge is 2.28. The molecule has 1 amide bonds. The van der Waals surface area contributed by atoms with Crippen LogP contribution in [0.2, 0.25) is 0 Å². The van der Waals surface area contributed by atoms with Crippen LogP contribution in [0, 0.1) is 24.7 Å². The van der Waals surface area contributed by atoms with Gasteiger partial charge in [0.15, 0.2) is 0 Å². The summed E-state index contributed by atoms with van der Waals surface area (Å²) < 4.78 is 37.7. The summed E-state index contributed by atoms with van der Waals surface area (Å²) in [6, 6.07) is 3.73. The summed E-state index contributed by atoms with van der Waals surface area (Å²) in [5, 5.41) is 9.51. The van der Waals surface area contributed by atoms with Gasteiger partial charge in [0.2, 0.25) is 0 Å². The Labute approximate surface area is 220 Å². The first kappa shape index (κ1) is 27.8. The number of aliphatic imine (C=N–C) groups is 1. The van der Waals surface area contributed by atoms with Crippen LogP contribution >= 0.6 is 11.3 Å². The molecule has 0 spiro atoms. The first-order valence-electron chi connectivity index (χ1n) is 13.3. The number of carbonyl (C=O) groups is 1. The quantitative estimate of drug-likeness (QED) is 0.422. The van der Waals surface area contributed by atoms with E-state index in [1.165, 1.54) is 16.9 Å². The molecule has 1 saturated carbocycles. The van der Waals surface area contributed by atoms with Gasteiger partial charge in [-0.05, 0) is 74.8 Å². The third kappa shape index (κ3) is 8.67. The molecule has 202 valence electrons. The molecule has 1 atom stereocenters. The zero-order chi connectivity index (χ0) is 26.4. The van der Waals surface area contributed by atoms with E-state index < -0.39 is 12.6 Å². The van der Waals surface area contributed by atoms with Crippen LogP contribution in [0.25, 0.3) is 0 Å². The van der Waals surface area contributed by atoms with Crippen LogP contribution in [0.5, 0.6) is 0 Å². The summed E-state index contributed by atoms with van der Waals surface area (Å²) in [5.74, 6) is 1.42. The molecule has 1 fully saturated rings. The van der Waals surface area contributed by atoms with Crippen molar-refractivity contribution in [1.29, 1.82) is 0 Å². The maximum atomic E-state index is 12.6. The third-order valence-corrected chi connectivity index (χ3v) is 8.46. The number of halogens is 3. The maximum Gasteiger partial charge on any atom is 0.389 e. The lowest BCUT2D eigenvalue weighted by Gasteiger charge is -2.33. The number of rotatable bonds is 8. The topological polar surface area (TPSA) is 71.3 Å². The van der Waals surface area contributed by atoms with Crippen LogP contribution < -0.4 is 0 Å². The number of aryl methyl sites for hydroxylation is 2. The zero-order valence-corrected chi connectivity index (χ0v) is 22.5. The summed E-state index contributed by atoms with van der Waals surface area (Å²) in [4.78, 5) is 23.4. The number of aromatic nitrogens is 3. The summed E-state index contributed by atoms with van der Waals surface area (Å²) in [5.41, 5.74) is 2.67. The van der Waals surface area contributed by atoms with Crippen molar-refractivity contribution in [1.82, 2.24) is 20.1 Å². The molecule has 2 aliphatic rings. The molecule has 37 heavy (non-hydrogen) atoms. The fourth-order valence-corrected chi connectivity index (χ4v) is 6.16. The number of hydrogen-bond donors (Lipinski definition) is 0. The van der Waals surface area contributed by atoms with Crippen molar-refractivity contribution in [3.8, 4) is 0 Å². The molecule has 2 aromatic heterocycles. The van der Waals surface area contributed by atoms with E-state index in [1.54, 1.807) is 6.07 Å². The third-order valence-electron chi connectivity index (χ3n) is 7.62. The van der Waals surface area contributed by atoms with E-state index in [0.717, 1.165) is 68.9 Å². The molecular weight excluding hydrogens is 499 g/mol. The van der Waals surface area contributed by atoms with Crippen LogP contribution in [0.1, 0.15) is 66.0 Å². The van der Waals surface area contributed by atoms with Crippen molar-refractivity contribution in [2.24, 2.45) is 22.7 Å². The number of pyridine rings is 1. The van der Waals surface area contributed by atoms with Crippen molar-refractivity contribution in [3.05, 3.63) is 39.1 Å². The normalized spacial score (nSPS) is 22.1. The molecule has 2 aromatic rings. The Hall–Kier alpha value is -2.20. The monoisotopic (exact) mass is 535 g/mol. The minimum absolute atomic E-state index is 0.0535. The Morgan fingerprint density at radius 1 is 1.19 bits per heavy atom. The van der Waals surface area contributed by atoms with Gasteiger partial charge in [0, 0.05) is 50.1 Å². The second-order valence-electron chi connectivity index (χ2n) is 10.5. The molecule has 0 N–H and O–H groups in total. The number of fused-ring (bicyclic) bond motifs is 1. The molecule has 4 rings (SSSR count). The lowest BCUT2D eigenvalue weighted by atomic mass is 9.76. The van der Waals surface area contributed by atoms with Gasteiger partial charge in [-0.15, -0.1) is 21.5 Å². The number of hydrogen-bond acceptors (Lipinski definition) is 6. The van der Waals surface area contributed by atoms with Gasteiger partial charge in [0.1, 0.15) is 10.0 Å². The van der Waals surface area contributed by atoms with Gasteiger partial charge < -0.3 is 4.90 Å². The highest BCUT2D eigenvalue weighted by atomic mass is 32.1. The fraction of sp³-hybridized carbons (Fsp3) is 0.667. The molecular formula is C27H36F3N5OS. The average molecular weight is 536 g/mol. The molecule has 0 aromatic carbocycles. The summed E-state index contributed by atoms with van der Waals surface area (Å²) in [6.45, 7) is 7.08. The lowest BCUT2D eigenvalue weighted by molar-refractivity contribution is -0.134.